The average molecular weight is 437 g/mol. The van der Waals surface area contributed by atoms with Crippen LogP contribution in [0.15, 0.2) is 36.4 Å². The summed E-state index contributed by atoms with van der Waals surface area (Å²) in [5, 5.41) is 1.02. The molecule has 1 fully saturated rings. The fourth-order valence-electron chi connectivity index (χ4n) is 3.76. The smallest absolute Gasteiger partial charge is 0.165 e. The van der Waals surface area contributed by atoms with Crippen molar-refractivity contribution in [2.24, 2.45) is 0 Å². The molecule has 0 unspecified atom stereocenters. The highest BCUT2D eigenvalue weighted by Crippen LogP contribution is 2.43. The van der Waals surface area contributed by atoms with E-state index in [0.717, 1.165) is 16.7 Å². The first-order valence-corrected chi connectivity index (χ1v) is 10.9. The zero-order chi connectivity index (χ0) is 21.0. The average Bonchev–Trinajstić information content (AvgIpc) is 2.61. The molecular formula is C22H22Cl2O3S. The Labute approximate surface area is 177 Å². The topological polar surface area (TPSA) is 51.2 Å². The molecule has 3 rings (SSSR count). The van der Waals surface area contributed by atoms with E-state index >= 15 is 0 Å². The summed E-state index contributed by atoms with van der Waals surface area (Å²) in [5.74, 6) is -1.57. The van der Waals surface area contributed by atoms with Crippen molar-refractivity contribution in [3.05, 3.63) is 57.6 Å². The van der Waals surface area contributed by atoms with Crippen LogP contribution in [0.3, 0.4) is 0 Å². The van der Waals surface area contributed by atoms with E-state index in [-0.39, 0.29) is 11.6 Å². The van der Waals surface area contributed by atoms with Gasteiger partial charge in [-0.15, -0.1) is 0 Å². The van der Waals surface area contributed by atoms with Gasteiger partial charge in [0.1, 0.15) is 15.4 Å². The van der Waals surface area contributed by atoms with Crippen molar-refractivity contribution in [1.29, 1.82) is 0 Å². The molecule has 0 radical (unpaired) electrons. The standard InChI is InChI=1S/C22H22Cl2O3S/c1-12-6-7-13(15-9-8-14(23)11-17(15)24)10-16(12)18-19(25)21(2,3)28(27)22(4,5)20(18)26/h6-11,18H,1-5H3. The van der Waals surface area contributed by atoms with Crippen LogP contribution in [0.25, 0.3) is 11.1 Å². The minimum absolute atomic E-state index is 0.308. The third-order valence-corrected chi connectivity index (χ3v) is 8.27. The first-order chi connectivity index (χ1) is 12.9. The summed E-state index contributed by atoms with van der Waals surface area (Å²) in [6.07, 6.45) is 0. The molecule has 1 heterocycles. The van der Waals surface area contributed by atoms with Gasteiger partial charge in [0.25, 0.3) is 0 Å². The molecule has 1 saturated heterocycles. The van der Waals surface area contributed by atoms with E-state index in [2.05, 4.69) is 0 Å². The van der Waals surface area contributed by atoms with E-state index in [9.17, 15) is 13.8 Å². The van der Waals surface area contributed by atoms with Crippen molar-refractivity contribution in [1.82, 2.24) is 0 Å². The molecule has 1 aliphatic heterocycles. The molecular weight excluding hydrogens is 415 g/mol. The lowest BCUT2D eigenvalue weighted by Crippen LogP contribution is -2.59. The number of hydrogen-bond acceptors (Lipinski definition) is 3. The second kappa shape index (κ2) is 7.08. The predicted molar refractivity (Wildman–Crippen MR) is 116 cm³/mol. The summed E-state index contributed by atoms with van der Waals surface area (Å²) in [6, 6.07) is 10.8. The predicted octanol–water partition coefficient (Wildman–Crippen LogP) is 5.51. The molecule has 0 amide bonds. The van der Waals surface area contributed by atoms with E-state index < -0.39 is 26.2 Å². The second-order valence-electron chi connectivity index (χ2n) is 8.15. The first kappa shape index (κ1) is 21.2. The Morgan fingerprint density at radius 1 is 0.893 bits per heavy atom. The first-order valence-electron chi connectivity index (χ1n) is 8.95. The minimum atomic E-state index is -1.60. The van der Waals surface area contributed by atoms with Crippen LogP contribution in [0.1, 0.15) is 44.7 Å². The Balaban J connectivity index is 2.19. The number of ketones is 2. The molecule has 0 saturated carbocycles. The fourth-order valence-corrected chi connectivity index (χ4v) is 6.15. The number of Topliss-reactive ketones (excluding diaryl/α,β-unsaturated/α-hetero) is 2. The van der Waals surface area contributed by atoms with Crippen molar-refractivity contribution >= 4 is 45.6 Å². The Bertz CT molecular complexity index is 994. The number of halogens is 2. The zero-order valence-electron chi connectivity index (χ0n) is 16.4. The van der Waals surface area contributed by atoms with Crippen LogP contribution in [-0.4, -0.2) is 25.3 Å². The number of benzene rings is 2. The van der Waals surface area contributed by atoms with Gasteiger partial charge in [0.15, 0.2) is 11.6 Å². The maximum atomic E-state index is 13.2. The number of hydrogen-bond donors (Lipinski definition) is 0. The Hall–Kier alpha value is -1.49. The molecule has 0 bridgehead atoms. The highest BCUT2D eigenvalue weighted by molar-refractivity contribution is 7.89. The highest BCUT2D eigenvalue weighted by atomic mass is 35.5. The molecule has 2 aromatic carbocycles. The quantitative estimate of drug-likeness (QED) is 0.582. The van der Waals surface area contributed by atoms with E-state index in [1.807, 2.05) is 31.2 Å². The molecule has 3 nitrogen and oxygen atoms in total. The van der Waals surface area contributed by atoms with Crippen LogP contribution in [0.4, 0.5) is 0 Å². The lowest BCUT2D eigenvalue weighted by molar-refractivity contribution is -0.132. The minimum Gasteiger partial charge on any atom is -0.297 e. The van der Waals surface area contributed by atoms with Gasteiger partial charge in [0, 0.05) is 26.4 Å². The van der Waals surface area contributed by atoms with E-state index in [1.54, 1.807) is 39.8 Å². The van der Waals surface area contributed by atoms with Gasteiger partial charge in [-0.2, -0.15) is 0 Å². The molecule has 6 heteroatoms. The van der Waals surface area contributed by atoms with Crippen LogP contribution in [0, 0.1) is 6.92 Å². The molecule has 1 aliphatic rings. The summed E-state index contributed by atoms with van der Waals surface area (Å²) in [7, 11) is -1.60. The lowest BCUT2D eigenvalue weighted by atomic mass is 9.78. The van der Waals surface area contributed by atoms with Gasteiger partial charge in [0.05, 0.1) is 0 Å². The second-order valence-corrected chi connectivity index (χ2v) is 11.6. The summed E-state index contributed by atoms with van der Waals surface area (Å²) in [6.45, 7) is 8.49. The van der Waals surface area contributed by atoms with Crippen molar-refractivity contribution in [2.45, 2.75) is 50.0 Å². The van der Waals surface area contributed by atoms with Gasteiger partial charge in [-0.05, 0) is 69.5 Å². The lowest BCUT2D eigenvalue weighted by Gasteiger charge is -2.41. The highest BCUT2D eigenvalue weighted by Gasteiger charge is 2.57. The maximum absolute atomic E-state index is 13.2. The van der Waals surface area contributed by atoms with Gasteiger partial charge in [-0.25, -0.2) is 0 Å². The SMILES string of the molecule is Cc1ccc(-c2ccc(Cl)cc2Cl)cc1C1C(=O)C(C)(C)S(=O)C(C)(C)C1=O. The van der Waals surface area contributed by atoms with E-state index in [4.69, 9.17) is 23.2 Å². The molecule has 0 N–H and O–H groups in total. The normalized spacial score (nSPS) is 23.7. The van der Waals surface area contributed by atoms with Crippen LogP contribution in [-0.2, 0) is 20.4 Å². The van der Waals surface area contributed by atoms with Crippen molar-refractivity contribution in [2.75, 3.05) is 0 Å². The molecule has 0 aromatic heterocycles. The molecule has 28 heavy (non-hydrogen) atoms. The molecule has 0 atom stereocenters. The van der Waals surface area contributed by atoms with Crippen molar-refractivity contribution in [3.63, 3.8) is 0 Å². The van der Waals surface area contributed by atoms with Gasteiger partial charge < -0.3 is 0 Å². The maximum Gasteiger partial charge on any atom is 0.165 e. The van der Waals surface area contributed by atoms with E-state index in [1.165, 1.54) is 0 Å². The summed E-state index contributed by atoms with van der Waals surface area (Å²) in [4.78, 5) is 26.4. The number of carbonyl (C=O) groups is 2. The van der Waals surface area contributed by atoms with Crippen LogP contribution in [0.5, 0.6) is 0 Å². The largest absolute Gasteiger partial charge is 0.297 e. The number of carbonyl (C=O) groups excluding carboxylic acids is 2. The molecule has 148 valence electrons. The van der Waals surface area contributed by atoms with Crippen molar-refractivity contribution < 1.29 is 13.8 Å². The Morgan fingerprint density at radius 2 is 1.46 bits per heavy atom. The fraction of sp³-hybridized carbons (Fsp3) is 0.364. The van der Waals surface area contributed by atoms with Gasteiger partial charge in [0.2, 0.25) is 0 Å². The molecule has 0 aliphatic carbocycles. The van der Waals surface area contributed by atoms with Crippen molar-refractivity contribution in [3.8, 4) is 11.1 Å². The Kier molecular flexibility index (Phi) is 5.37. The molecule has 2 aromatic rings. The summed E-state index contributed by atoms with van der Waals surface area (Å²) < 4.78 is 10.6. The van der Waals surface area contributed by atoms with Gasteiger partial charge in [-0.3, -0.25) is 13.8 Å². The van der Waals surface area contributed by atoms with Crippen LogP contribution >= 0.6 is 23.2 Å². The zero-order valence-corrected chi connectivity index (χ0v) is 18.8. The third kappa shape index (κ3) is 3.26. The van der Waals surface area contributed by atoms with E-state index in [0.29, 0.717) is 15.6 Å². The monoisotopic (exact) mass is 436 g/mol. The summed E-state index contributed by atoms with van der Waals surface area (Å²) >= 11 is 12.3. The van der Waals surface area contributed by atoms with Gasteiger partial charge >= 0.3 is 0 Å². The van der Waals surface area contributed by atoms with Crippen LogP contribution in [0.2, 0.25) is 10.0 Å². The van der Waals surface area contributed by atoms with Gasteiger partial charge in [-0.1, -0.05) is 41.4 Å². The van der Waals surface area contributed by atoms with Crippen LogP contribution < -0.4 is 0 Å². The summed E-state index contributed by atoms with van der Waals surface area (Å²) in [5.41, 5.74) is 3.03. The number of aryl methyl sites for hydroxylation is 1. The third-order valence-electron chi connectivity index (χ3n) is 5.47. The molecule has 0 spiro atoms. The Morgan fingerprint density at radius 3 is 2.00 bits per heavy atom. The number of rotatable bonds is 2.